The summed E-state index contributed by atoms with van der Waals surface area (Å²) in [5, 5.41) is 8.28. The van der Waals surface area contributed by atoms with Gasteiger partial charge in [0.25, 0.3) is 0 Å². The Labute approximate surface area is 140 Å². The molecule has 1 aromatic heterocycles. The Morgan fingerprint density at radius 3 is 2.78 bits per heavy atom. The zero-order chi connectivity index (χ0) is 15.9. The van der Waals surface area contributed by atoms with E-state index in [1.54, 1.807) is 11.0 Å². The minimum Gasteiger partial charge on any atom is -0.353 e. The number of nitrogens with one attached hydrogen (secondary N) is 1. The number of thioether (sulfide) groups is 1. The van der Waals surface area contributed by atoms with E-state index in [0.717, 1.165) is 18.5 Å². The summed E-state index contributed by atoms with van der Waals surface area (Å²) in [5.74, 6) is 0.851. The molecule has 0 radical (unpaired) electrons. The fourth-order valence-electron chi connectivity index (χ4n) is 2.80. The number of carbonyl (C=O) groups is 1. The number of benzene rings is 1. The molecule has 1 aliphatic carbocycles. The van der Waals surface area contributed by atoms with E-state index < -0.39 is 0 Å². The molecule has 0 aliphatic heterocycles. The Balaban J connectivity index is 1.42. The molecule has 3 rings (SSSR count). The van der Waals surface area contributed by atoms with Crippen LogP contribution in [0.5, 0.6) is 0 Å². The van der Waals surface area contributed by atoms with E-state index in [1.807, 2.05) is 30.3 Å². The SMILES string of the molecule is O=C(CCSc1ncn(-c2ccccc2)n1)NC1CCCCC1. The molecule has 122 valence electrons. The van der Waals surface area contributed by atoms with Gasteiger partial charge in [-0.1, -0.05) is 49.2 Å². The average molecular weight is 330 g/mol. The Morgan fingerprint density at radius 1 is 1.22 bits per heavy atom. The maximum Gasteiger partial charge on any atom is 0.221 e. The van der Waals surface area contributed by atoms with E-state index in [1.165, 1.54) is 31.0 Å². The van der Waals surface area contributed by atoms with Crippen molar-refractivity contribution in [3.05, 3.63) is 36.7 Å². The van der Waals surface area contributed by atoms with Crippen LogP contribution < -0.4 is 5.32 Å². The van der Waals surface area contributed by atoms with Crippen molar-refractivity contribution in [2.24, 2.45) is 0 Å². The summed E-state index contributed by atoms with van der Waals surface area (Å²) >= 11 is 1.52. The third kappa shape index (κ3) is 4.82. The maximum absolute atomic E-state index is 12.0. The highest BCUT2D eigenvalue weighted by Crippen LogP contribution is 2.18. The van der Waals surface area contributed by atoms with Crippen LogP contribution in [-0.4, -0.2) is 32.5 Å². The van der Waals surface area contributed by atoms with Crippen LogP contribution in [0.4, 0.5) is 0 Å². The van der Waals surface area contributed by atoms with Crippen molar-refractivity contribution in [2.75, 3.05) is 5.75 Å². The van der Waals surface area contributed by atoms with Gasteiger partial charge in [-0.2, -0.15) is 0 Å². The number of rotatable bonds is 6. The standard InChI is InChI=1S/C17H22N4OS/c22-16(19-14-7-3-1-4-8-14)11-12-23-17-18-13-21(20-17)15-9-5-2-6-10-15/h2,5-6,9-10,13-14H,1,3-4,7-8,11-12H2,(H,19,22). The number of hydrogen-bond donors (Lipinski definition) is 1. The van der Waals surface area contributed by atoms with Gasteiger partial charge in [0.15, 0.2) is 0 Å². The van der Waals surface area contributed by atoms with Gasteiger partial charge >= 0.3 is 0 Å². The molecule has 0 spiro atoms. The predicted octanol–water partition coefficient (Wildman–Crippen LogP) is 3.20. The summed E-state index contributed by atoms with van der Waals surface area (Å²) in [4.78, 5) is 16.2. The molecule has 1 aromatic carbocycles. The minimum absolute atomic E-state index is 0.145. The summed E-state index contributed by atoms with van der Waals surface area (Å²) in [6.07, 6.45) is 8.25. The van der Waals surface area contributed by atoms with Crippen LogP contribution >= 0.6 is 11.8 Å². The lowest BCUT2D eigenvalue weighted by atomic mass is 9.95. The van der Waals surface area contributed by atoms with Gasteiger partial charge in [0.2, 0.25) is 11.1 Å². The van der Waals surface area contributed by atoms with Crippen LogP contribution in [0.1, 0.15) is 38.5 Å². The first-order valence-electron chi connectivity index (χ1n) is 8.20. The number of amides is 1. The molecule has 6 heteroatoms. The van der Waals surface area contributed by atoms with E-state index in [4.69, 9.17) is 0 Å². The Kier molecular flexibility index (Phi) is 5.69. The lowest BCUT2D eigenvalue weighted by Crippen LogP contribution is -2.36. The van der Waals surface area contributed by atoms with Crippen LogP contribution in [-0.2, 0) is 4.79 Å². The van der Waals surface area contributed by atoms with Gasteiger partial charge in [-0.05, 0) is 25.0 Å². The van der Waals surface area contributed by atoms with Crippen LogP contribution in [0.15, 0.2) is 41.8 Å². The highest BCUT2D eigenvalue weighted by molar-refractivity contribution is 7.99. The molecule has 0 saturated heterocycles. The van der Waals surface area contributed by atoms with Crippen LogP contribution in [0, 0.1) is 0 Å². The van der Waals surface area contributed by atoms with Crippen LogP contribution in [0.3, 0.4) is 0 Å². The molecule has 2 aromatic rings. The third-order valence-electron chi connectivity index (χ3n) is 4.02. The van der Waals surface area contributed by atoms with Crippen molar-refractivity contribution >= 4 is 17.7 Å². The number of hydrogen-bond acceptors (Lipinski definition) is 4. The van der Waals surface area contributed by atoms with Gasteiger partial charge in [-0.25, -0.2) is 9.67 Å². The molecule has 0 bridgehead atoms. The number of para-hydroxylation sites is 1. The van der Waals surface area contributed by atoms with Crippen molar-refractivity contribution in [1.82, 2.24) is 20.1 Å². The van der Waals surface area contributed by atoms with Crippen molar-refractivity contribution < 1.29 is 4.79 Å². The van der Waals surface area contributed by atoms with Gasteiger partial charge in [-0.15, -0.1) is 5.10 Å². The molecule has 1 amide bonds. The zero-order valence-electron chi connectivity index (χ0n) is 13.1. The number of nitrogens with zero attached hydrogens (tertiary/aromatic N) is 3. The first kappa shape index (κ1) is 16.1. The summed E-state index contributed by atoms with van der Waals surface area (Å²) < 4.78 is 1.75. The van der Waals surface area contributed by atoms with Crippen molar-refractivity contribution in [2.45, 2.75) is 49.7 Å². The van der Waals surface area contributed by atoms with Gasteiger partial charge in [0, 0.05) is 18.2 Å². The average Bonchev–Trinajstić information content (AvgIpc) is 3.05. The van der Waals surface area contributed by atoms with Gasteiger partial charge in [0.05, 0.1) is 5.69 Å². The molecule has 0 unspecified atom stereocenters. The lowest BCUT2D eigenvalue weighted by molar-refractivity contribution is -0.121. The predicted molar refractivity (Wildman–Crippen MR) is 91.7 cm³/mol. The van der Waals surface area contributed by atoms with E-state index >= 15 is 0 Å². The van der Waals surface area contributed by atoms with Crippen molar-refractivity contribution in [1.29, 1.82) is 0 Å². The van der Waals surface area contributed by atoms with Crippen LogP contribution in [0.25, 0.3) is 5.69 Å². The molecule has 0 atom stereocenters. The smallest absolute Gasteiger partial charge is 0.221 e. The molecule has 5 nitrogen and oxygen atoms in total. The highest BCUT2D eigenvalue weighted by atomic mass is 32.2. The summed E-state index contributed by atoms with van der Waals surface area (Å²) in [6.45, 7) is 0. The zero-order valence-corrected chi connectivity index (χ0v) is 14.0. The molecule has 1 heterocycles. The van der Waals surface area contributed by atoms with Gasteiger partial charge in [-0.3, -0.25) is 4.79 Å². The van der Waals surface area contributed by atoms with E-state index in [2.05, 4.69) is 15.4 Å². The number of aromatic nitrogens is 3. The highest BCUT2D eigenvalue weighted by Gasteiger charge is 2.15. The molecule has 1 saturated carbocycles. The Bertz CT molecular complexity index is 623. The molecular formula is C17H22N4OS. The molecule has 1 N–H and O–H groups in total. The second-order valence-corrected chi connectivity index (χ2v) is 6.87. The van der Waals surface area contributed by atoms with E-state index in [-0.39, 0.29) is 5.91 Å². The number of carbonyl (C=O) groups excluding carboxylic acids is 1. The van der Waals surface area contributed by atoms with Gasteiger partial charge < -0.3 is 5.32 Å². The molecule has 23 heavy (non-hydrogen) atoms. The quantitative estimate of drug-likeness (QED) is 0.826. The van der Waals surface area contributed by atoms with Crippen LogP contribution in [0.2, 0.25) is 0 Å². The molecular weight excluding hydrogens is 308 g/mol. The third-order valence-corrected chi connectivity index (χ3v) is 4.88. The maximum atomic E-state index is 12.0. The normalized spacial score (nSPS) is 15.5. The fourth-order valence-corrected chi connectivity index (χ4v) is 3.54. The second kappa shape index (κ2) is 8.15. The van der Waals surface area contributed by atoms with Gasteiger partial charge in [0.1, 0.15) is 6.33 Å². The molecule has 1 aliphatic rings. The summed E-state index contributed by atoms with van der Waals surface area (Å²) in [6, 6.07) is 10.3. The fraction of sp³-hybridized carbons (Fsp3) is 0.471. The monoisotopic (exact) mass is 330 g/mol. The Hall–Kier alpha value is -1.82. The van der Waals surface area contributed by atoms with Crippen molar-refractivity contribution in [3.63, 3.8) is 0 Å². The lowest BCUT2D eigenvalue weighted by Gasteiger charge is -2.22. The largest absolute Gasteiger partial charge is 0.353 e. The van der Waals surface area contributed by atoms with E-state index in [9.17, 15) is 4.79 Å². The Morgan fingerprint density at radius 2 is 2.00 bits per heavy atom. The van der Waals surface area contributed by atoms with Crippen molar-refractivity contribution in [3.8, 4) is 5.69 Å². The summed E-state index contributed by atoms with van der Waals surface area (Å²) in [7, 11) is 0. The van der Waals surface area contributed by atoms with E-state index in [0.29, 0.717) is 23.4 Å². The minimum atomic E-state index is 0.145. The first-order valence-corrected chi connectivity index (χ1v) is 9.19. The molecule has 1 fully saturated rings. The second-order valence-electron chi connectivity index (χ2n) is 5.81. The topological polar surface area (TPSA) is 59.8 Å². The summed E-state index contributed by atoms with van der Waals surface area (Å²) in [5.41, 5.74) is 0.988. The first-order chi connectivity index (χ1) is 11.3.